The van der Waals surface area contributed by atoms with Crippen molar-refractivity contribution in [2.45, 2.75) is 31.8 Å². The van der Waals surface area contributed by atoms with Gasteiger partial charge in [0.05, 0.1) is 11.8 Å². The van der Waals surface area contributed by atoms with Crippen molar-refractivity contribution in [3.8, 4) is 0 Å². The molecule has 5 nitrogen and oxygen atoms in total. The number of nitrogens with zero attached hydrogens (tertiary/aromatic N) is 2. The molecule has 1 aliphatic heterocycles. The zero-order valence-corrected chi connectivity index (χ0v) is 17.4. The Morgan fingerprint density at radius 2 is 1.32 bits per heavy atom. The van der Waals surface area contributed by atoms with E-state index in [4.69, 9.17) is 5.14 Å². The Balaban J connectivity index is 1.63. The van der Waals surface area contributed by atoms with Crippen LogP contribution in [0.4, 0.5) is 0 Å². The predicted molar refractivity (Wildman–Crippen MR) is 115 cm³/mol. The molecule has 1 saturated heterocycles. The summed E-state index contributed by atoms with van der Waals surface area (Å²) in [6.45, 7) is 6.16. The number of hydrogen-bond acceptors (Lipinski definition) is 4. The number of rotatable bonds is 8. The van der Waals surface area contributed by atoms with Crippen molar-refractivity contribution < 1.29 is 8.42 Å². The van der Waals surface area contributed by atoms with Gasteiger partial charge in [0.25, 0.3) is 0 Å². The molecule has 6 heteroatoms. The molecule has 0 bridgehead atoms. The quantitative estimate of drug-likeness (QED) is 0.739. The molecule has 0 spiro atoms. The first-order valence-electron chi connectivity index (χ1n) is 10.0. The van der Waals surface area contributed by atoms with Gasteiger partial charge in [-0.3, -0.25) is 9.80 Å². The molecule has 1 unspecified atom stereocenters. The minimum absolute atomic E-state index is 0.0708. The van der Waals surface area contributed by atoms with E-state index in [1.807, 2.05) is 0 Å². The molecule has 0 amide bonds. The smallest absolute Gasteiger partial charge is 0.209 e. The molecule has 2 aromatic rings. The van der Waals surface area contributed by atoms with Crippen molar-refractivity contribution in [3.05, 3.63) is 71.8 Å². The fraction of sp³-hybridized carbons (Fsp3) is 0.455. The average Bonchev–Trinajstić information content (AvgIpc) is 2.69. The van der Waals surface area contributed by atoms with Gasteiger partial charge in [0.1, 0.15) is 0 Å². The fourth-order valence-corrected chi connectivity index (χ4v) is 4.65. The molecule has 1 atom stereocenters. The number of benzene rings is 2. The first-order chi connectivity index (χ1) is 13.4. The van der Waals surface area contributed by atoms with Gasteiger partial charge in [-0.1, -0.05) is 60.7 Å². The topological polar surface area (TPSA) is 66.6 Å². The molecule has 3 rings (SSSR count). The van der Waals surface area contributed by atoms with E-state index < -0.39 is 10.0 Å². The third-order valence-electron chi connectivity index (χ3n) is 5.62. The normalized spacial score (nSPS) is 17.7. The van der Waals surface area contributed by atoms with Crippen molar-refractivity contribution in [1.82, 2.24) is 9.80 Å². The van der Waals surface area contributed by atoms with E-state index >= 15 is 0 Å². The van der Waals surface area contributed by atoms with Gasteiger partial charge in [-0.2, -0.15) is 0 Å². The third kappa shape index (κ3) is 5.88. The van der Waals surface area contributed by atoms with Crippen LogP contribution in [0.2, 0.25) is 0 Å². The minimum atomic E-state index is -3.36. The highest BCUT2D eigenvalue weighted by Crippen LogP contribution is 2.29. The zero-order valence-electron chi connectivity index (χ0n) is 16.6. The summed E-state index contributed by atoms with van der Waals surface area (Å²) in [5.41, 5.74) is 2.65. The van der Waals surface area contributed by atoms with Crippen LogP contribution in [-0.4, -0.2) is 56.2 Å². The maximum Gasteiger partial charge on any atom is 0.209 e. The van der Waals surface area contributed by atoms with Crippen LogP contribution in [-0.2, 0) is 10.0 Å². The van der Waals surface area contributed by atoms with Crippen LogP contribution < -0.4 is 5.14 Å². The molecule has 2 aromatic carbocycles. The van der Waals surface area contributed by atoms with E-state index in [-0.39, 0.29) is 11.8 Å². The number of sulfonamides is 1. The Morgan fingerprint density at radius 1 is 0.857 bits per heavy atom. The fourth-order valence-electron chi connectivity index (χ4n) is 4.08. The van der Waals surface area contributed by atoms with E-state index in [1.54, 1.807) is 0 Å². The van der Waals surface area contributed by atoms with Crippen LogP contribution in [0.1, 0.15) is 36.9 Å². The second-order valence-electron chi connectivity index (χ2n) is 7.65. The molecule has 152 valence electrons. The zero-order chi connectivity index (χ0) is 20.0. The average molecular weight is 402 g/mol. The van der Waals surface area contributed by atoms with Crippen LogP contribution in [0.25, 0.3) is 0 Å². The maximum absolute atomic E-state index is 11.1. The van der Waals surface area contributed by atoms with Gasteiger partial charge < -0.3 is 0 Å². The standard InChI is InChI=1S/C22H31N3O2S/c1-19(9-8-18-28(23,26)27)24-14-16-25(17-15-24)22(20-10-4-2-5-11-20)21-12-6-3-7-13-21/h2-7,10-13,19,22H,8-9,14-18H2,1H3,(H2,23,26,27). The second-order valence-corrected chi connectivity index (χ2v) is 9.39. The van der Waals surface area contributed by atoms with Crippen molar-refractivity contribution in [2.75, 3.05) is 31.9 Å². The second kappa shape index (κ2) is 9.65. The molecular formula is C22H31N3O2S. The Bertz CT molecular complexity index is 780. The molecule has 0 aromatic heterocycles. The largest absolute Gasteiger partial charge is 0.298 e. The van der Waals surface area contributed by atoms with E-state index in [1.165, 1.54) is 11.1 Å². The Morgan fingerprint density at radius 3 is 1.79 bits per heavy atom. The lowest BCUT2D eigenvalue weighted by Gasteiger charge is -2.42. The van der Waals surface area contributed by atoms with Crippen molar-refractivity contribution in [3.63, 3.8) is 0 Å². The van der Waals surface area contributed by atoms with E-state index in [0.29, 0.717) is 12.5 Å². The maximum atomic E-state index is 11.1. The third-order valence-corrected chi connectivity index (χ3v) is 6.48. The number of hydrogen-bond donors (Lipinski definition) is 1. The molecule has 28 heavy (non-hydrogen) atoms. The lowest BCUT2D eigenvalue weighted by Crippen LogP contribution is -2.50. The van der Waals surface area contributed by atoms with Crippen LogP contribution in [0.3, 0.4) is 0 Å². The molecule has 1 heterocycles. The van der Waals surface area contributed by atoms with Crippen LogP contribution >= 0.6 is 0 Å². The summed E-state index contributed by atoms with van der Waals surface area (Å²) >= 11 is 0. The first-order valence-corrected chi connectivity index (χ1v) is 11.7. The highest BCUT2D eigenvalue weighted by atomic mass is 32.2. The Labute approximate surface area is 169 Å². The van der Waals surface area contributed by atoms with Crippen molar-refractivity contribution in [1.29, 1.82) is 0 Å². The van der Waals surface area contributed by atoms with Gasteiger partial charge >= 0.3 is 0 Å². The van der Waals surface area contributed by atoms with Gasteiger partial charge in [-0.25, -0.2) is 13.6 Å². The summed E-state index contributed by atoms with van der Waals surface area (Å²) in [4.78, 5) is 5.02. The molecule has 2 N–H and O–H groups in total. The van der Waals surface area contributed by atoms with Gasteiger partial charge in [0.15, 0.2) is 0 Å². The molecule has 1 aliphatic rings. The molecule has 1 fully saturated rings. The van der Waals surface area contributed by atoms with Gasteiger partial charge in [0, 0.05) is 32.2 Å². The SMILES string of the molecule is CC(CCCS(N)(=O)=O)N1CCN(C(c2ccccc2)c2ccccc2)CC1. The summed E-state index contributed by atoms with van der Waals surface area (Å²) in [7, 11) is -3.36. The monoisotopic (exact) mass is 401 g/mol. The molecule has 0 aliphatic carbocycles. The number of piperazine rings is 1. The molecule has 0 radical (unpaired) electrons. The first kappa shape index (κ1) is 21.0. The van der Waals surface area contributed by atoms with Gasteiger partial charge in [-0.05, 0) is 30.9 Å². The predicted octanol–water partition coefficient (Wildman–Crippen LogP) is 2.85. The Hall–Kier alpha value is -1.73. The van der Waals surface area contributed by atoms with Crippen LogP contribution in [0.15, 0.2) is 60.7 Å². The minimum Gasteiger partial charge on any atom is -0.298 e. The van der Waals surface area contributed by atoms with Gasteiger partial charge in [-0.15, -0.1) is 0 Å². The number of nitrogens with two attached hydrogens (primary N) is 1. The lowest BCUT2D eigenvalue weighted by atomic mass is 9.96. The summed E-state index contributed by atoms with van der Waals surface area (Å²) < 4.78 is 22.3. The van der Waals surface area contributed by atoms with Crippen molar-refractivity contribution >= 4 is 10.0 Å². The number of primary sulfonamides is 1. The van der Waals surface area contributed by atoms with Crippen molar-refractivity contribution in [2.24, 2.45) is 5.14 Å². The Kier molecular flexibility index (Phi) is 7.24. The highest BCUT2D eigenvalue weighted by molar-refractivity contribution is 7.89. The van der Waals surface area contributed by atoms with E-state index in [0.717, 1.165) is 32.6 Å². The lowest BCUT2D eigenvalue weighted by molar-refractivity contribution is 0.0810. The summed E-state index contributed by atoms with van der Waals surface area (Å²) in [5.74, 6) is 0.0708. The summed E-state index contributed by atoms with van der Waals surface area (Å²) in [6.07, 6.45) is 1.48. The highest BCUT2D eigenvalue weighted by Gasteiger charge is 2.27. The van der Waals surface area contributed by atoms with E-state index in [9.17, 15) is 8.42 Å². The summed E-state index contributed by atoms with van der Waals surface area (Å²) in [6, 6.07) is 22.0. The van der Waals surface area contributed by atoms with E-state index in [2.05, 4.69) is 77.4 Å². The molecular weight excluding hydrogens is 370 g/mol. The van der Waals surface area contributed by atoms with Gasteiger partial charge in [0.2, 0.25) is 10.0 Å². The summed E-state index contributed by atoms with van der Waals surface area (Å²) in [5, 5.41) is 5.11. The van der Waals surface area contributed by atoms with Crippen LogP contribution in [0, 0.1) is 0 Å². The van der Waals surface area contributed by atoms with Crippen LogP contribution in [0.5, 0.6) is 0 Å². The molecule has 0 saturated carbocycles.